The Hall–Kier alpha value is -1.83. The Morgan fingerprint density at radius 2 is 1.79 bits per heavy atom. The number of halogens is 2. The summed E-state index contributed by atoms with van der Waals surface area (Å²) in [6, 6.07) is 8.34. The zero-order valence-corrected chi connectivity index (χ0v) is 20.5. The number of benzene rings is 1. The predicted molar refractivity (Wildman–Crippen MR) is 135 cm³/mol. The fraction of sp³-hybridized carbons (Fsp3) is 0.480. The third-order valence-corrected chi connectivity index (χ3v) is 7.83. The Kier molecular flexibility index (Phi) is 6.81. The van der Waals surface area contributed by atoms with Gasteiger partial charge in [-0.05, 0) is 49.4 Å². The van der Waals surface area contributed by atoms with E-state index in [1.165, 1.54) is 25.7 Å². The summed E-state index contributed by atoms with van der Waals surface area (Å²) in [5, 5.41) is 1.24. The minimum Gasteiger partial charge on any atom is -0.381 e. The van der Waals surface area contributed by atoms with Crippen LogP contribution in [0.5, 0.6) is 0 Å². The molecule has 2 N–H and O–H groups in total. The molecule has 3 heterocycles. The molecular weight excluding hydrogens is 457 g/mol. The number of anilines is 1. The standard InChI is InChI=1S/C25H31Cl2N5O/c1-33-20-5-3-19(4-6-20)30-8-10-31(11-9-30)25-15-29-24-12-17(14-28)22(16-32(24)25)21-7-2-18(26)13-23(21)27/h2,7,12-13,15-16,19-20H,3-6,8-11,14,28H2,1H3. The van der Waals surface area contributed by atoms with Gasteiger partial charge in [0.2, 0.25) is 0 Å². The number of nitrogens with two attached hydrogens (primary N) is 1. The highest BCUT2D eigenvalue weighted by atomic mass is 35.5. The molecule has 0 unspecified atom stereocenters. The molecule has 1 aliphatic carbocycles. The van der Waals surface area contributed by atoms with Crippen molar-refractivity contribution in [2.24, 2.45) is 5.73 Å². The molecule has 0 radical (unpaired) electrons. The van der Waals surface area contributed by atoms with Gasteiger partial charge in [0, 0.05) is 73.2 Å². The van der Waals surface area contributed by atoms with Crippen LogP contribution in [0, 0.1) is 0 Å². The van der Waals surface area contributed by atoms with Crippen LogP contribution in [0.25, 0.3) is 16.8 Å². The van der Waals surface area contributed by atoms with Crippen LogP contribution in [0.2, 0.25) is 10.0 Å². The molecule has 2 aromatic heterocycles. The Morgan fingerprint density at radius 1 is 1.03 bits per heavy atom. The fourth-order valence-corrected chi connectivity index (χ4v) is 5.88. The summed E-state index contributed by atoms with van der Waals surface area (Å²) in [6.07, 6.45) is 9.36. The maximum absolute atomic E-state index is 6.54. The number of nitrogens with zero attached hydrogens (tertiary/aromatic N) is 4. The van der Waals surface area contributed by atoms with Crippen LogP contribution in [-0.2, 0) is 11.3 Å². The third kappa shape index (κ3) is 4.60. The van der Waals surface area contributed by atoms with E-state index < -0.39 is 0 Å². The molecule has 8 heteroatoms. The van der Waals surface area contributed by atoms with Gasteiger partial charge in [-0.3, -0.25) is 9.30 Å². The highest BCUT2D eigenvalue weighted by molar-refractivity contribution is 6.36. The largest absolute Gasteiger partial charge is 0.381 e. The molecule has 2 fully saturated rings. The molecule has 0 bridgehead atoms. The first-order valence-corrected chi connectivity index (χ1v) is 12.5. The molecular formula is C25H31Cl2N5O. The SMILES string of the molecule is COC1CCC(N2CCN(c3cnc4cc(CN)c(-c5ccc(Cl)cc5Cl)cn34)CC2)CC1. The monoisotopic (exact) mass is 487 g/mol. The van der Waals surface area contributed by atoms with Crippen molar-refractivity contribution < 1.29 is 4.74 Å². The van der Waals surface area contributed by atoms with Crippen molar-refractivity contribution in [1.29, 1.82) is 0 Å². The normalized spacial score (nSPS) is 22.2. The van der Waals surface area contributed by atoms with Crippen molar-refractivity contribution >= 4 is 34.7 Å². The number of rotatable bonds is 5. The lowest BCUT2D eigenvalue weighted by atomic mass is 9.91. The average Bonchev–Trinajstić information content (AvgIpc) is 3.26. The summed E-state index contributed by atoms with van der Waals surface area (Å²) in [5.41, 5.74) is 9.94. The van der Waals surface area contributed by atoms with Crippen LogP contribution in [0.1, 0.15) is 31.2 Å². The van der Waals surface area contributed by atoms with Crippen molar-refractivity contribution in [1.82, 2.24) is 14.3 Å². The second kappa shape index (κ2) is 9.80. The van der Waals surface area contributed by atoms with E-state index in [9.17, 15) is 0 Å². The number of hydrogen-bond acceptors (Lipinski definition) is 5. The van der Waals surface area contributed by atoms with E-state index in [2.05, 4.69) is 31.4 Å². The molecule has 6 nitrogen and oxygen atoms in total. The summed E-state index contributed by atoms with van der Waals surface area (Å²) in [6.45, 7) is 4.55. The number of methoxy groups -OCH3 is 1. The second-order valence-electron chi connectivity index (χ2n) is 9.07. The first kappa shape index (κ1) is 22.9. The summed E-state index contributed by atoms with van der Waals surface area (Å²) >= 11 is 12.7. The molecule has 33 heavy (non-hydrogen) atoms. The van der Waals surface area contributed by atoms with Crippen LogP contribution >= 0.6 is 23.2 Å². The van der Waals surface area contributed by atoms with E-state index in [-0.39, 0.29) is 0 Å². The van der Waals surface area contributed by atoms with Crippen molar-refractivity contribution in [3.8, 4) is 11.1 Å². The highest BCUT2D eigenvalue weighted by Gasteiger charge is 2.29. The number of ether oxygens (including phenoxy) is 1. The molecule has 1 aromatic carbocycles. The Balaban J connectivity index is 1.37. The second-order valence-corrected chi connectivity index (χ2v) is 9.92. The molecule has 1 saturated carbocycles. The van der Waals surface area contributed by atoms with Gasteiger partial charge in [-0.25, -0.2) is 4.98 Å². The van der Waals surface area contributed by atoms with E-state index in [0.717, 1.165) is 54.3 Å². The van der Waals surface area contributed by atoms with Crippen molar-refractivity contribution in [3.63, 3.8) is 0 Å². The lowest BCUT2D eigenvalue weighted by molar-refractivity contribution is 0.0370. The van der Waals surface area contributed by atoms with Gasteiger partial charge in [0.15, 0.2) is 0 Å². The van der Waals surface area contributed by atoms with E-state index in [0.29, 0.717) is 28.7 Å². The quantitative estimate of drug-likeness (QED) is 0.557. The first-order valence-electron chi connectivity index (χ1n) is 11.7. The fourth-order valence-electron chi connectivity index (χ4n) is 5.37. The summed E-state index contributed by atoms with van der Waals surface area (Å²) in [4.78, 5) is 9.79. The van der Waals surface area contributed by atoms with Gasteiger partial charge < -0.3 is 15.4 Å². The Labute approximate surface area is 205 Å². The van der Waals surface area contributed by atoms with Crippen molar-refractivity contribution in [3.05, 3.63) is 52.3 Å². The molecule has 0 atom stereocenters. The van der Waals surface area contributed by atoms with E-state index in [4.69, 9.17) is 33.7 Å². The summed E-state index contributed by atoms with van der Waals surface area (Å²) in [7, 11) is 1.84. The molecule has 5 rings (SSSR count). The van der Waals surface area contributed by atoms with Gasteiger partial charge in [0.05, 0.1) is 12.3 Å². The van der Waals surface area contributed by atoms with Crippen molar-refractivity contribution in [2.45, 2.75) is 44.4 Å². The number of imidazole rings is 1. The lowest BCUT2D eigenvalue weighted by Crippen LogP contribution is -2.51. The third-order valence-electron chi connectivity index (χ3n) is 7.29. The van der Waals surface area contributed by atoms with Gasteiger partial charge in [-0.1, -0.05) is 29.3 Å². The predicted octanol–water partition coefficient (Wildman–Crippen LogP) is 4.85. The van der Waals surface area contributed by atoms with Crippen LogP contribution < -0.4 is 10.6 Å². The minimum atomic E-state index is 0.414. The maximum atomic E-state index is 6.54. The first-order chi connectivity index (χ1) is 16.1. The number of hydrogen-bond donors (Lipinski definition) is 1. The Morgan fingerprint density at radius 3 is 2.45 bits per heavy atom. The van der Waals surface area contributed by atoms with Crippen LogP contribution in [0.4, 0.5) is 5.82 Å². The van der Waals surface area contributed by atoms with Gasteiger partial charge in [0.1, 0.15) is 11.5 Å². The average molecular weight is 488 g/mol. The zero-order valence-electron chi connectivity index (χ0n) is 19.0. The summed E-state index contributed by atoms with van der Waals surface area (Å²) in [5.74, 6) is 1.11. The molecule has 0 amide bonds. The molecule has 0 spiro atoms. The van der Waals surface area contributed by atoms with E-state index >= 15 is 0 Å². The molecule has 176 valence electrons. The van der Waals surface area contributed by atoms with Gasteiger partial charge in [-0.15, -0.1) is 0 Å². The smallest absolute Gasteiger partial charge is 0.138 e. The lowest BCUT2D eigenvalue weighted by Gasteiger charge is -2.42. The molecule has 1 saturated heterocycles. The molecule has 1 aliphatic heterocycles. The summed E-state index contributed by atoms with van der Waals surface area (Å²) < 4.78 is 7.71. The zero-order chi connectivity index (χ0) is 22.9. The highest BCUT2D eigenvalue weighted by Crippen LogP contribution is 2.34. The molecule has 2 aliphatic rings. The van der Waals surface area contributed by atoms with Gasteiger partial charge in [0.25, 0.3) is 0 Å². The van der Waals surface area contributed by atoms with E-state index in [1.807, 2.05) is 25.4 Å². The number of pyridine rings is 1. The number of piperazine rings is 1. The van der Waals surface area contributed by atoms with Gasteiger partial charge >= 0.3 is 0 Å². The van der Waals surface area contributed by atoms with Crippen LogP contribution in [0.3, 0.4) is 0 Å². The maximum Gasteiger partial charge on any atom is 0.138 e. The van der Waals surface area contributed by atoms with Gasteiger partial charge in [-0.2, -0.15) is 0 Å². The number of fused-ring (bicyclic) bond motifs is 1. The number of aromatic nitrogens is 2. The van der Waals surface area contributed by atoms with E-state index in [1.54, 1.807) is 6.07 Å². The van der Waals surface area contributed by atoms with Crippen LogP contribution in [-0.4, -0.2) is 59.7 Å². The molecule has 3 aromatic rings. The minimum absolute atomic E-state index is 0.414. The Bertz CT molecular complexity index is 1120. The topological polar surface area (TPSA) is 59.0 Å². The van der Waals surface area contributed by atoms with Crippen molar-refractivity contribution in [2.75, 3.05) is 38.2 Å². The van der Waals surface area contributed by atoms with Crippen LogP contribution in [0.15, 0.2) is 36.7 Å².